The minimum absolute atomic E-state index is 0.0219. The van der Waals surface area contributed by atoms with E-state index in [-0.39, 0.29) is 28.6 Å². The number of carboxylic acid groups (broad SMARTS) is 1. The predicted octanol–water partition coefficient (Wildman–Crippen LogP) is 2.74. The van der Waals surface area contributed by atoms with Gasteiger partial charge in [-0.15, -0.1) is 0 Å². The molecule has 1 heterocycles. The van der Waals surface area contributed by atoms with E-state index < -0.39 is 11.6 Å². The summed E-state index contributed by atoms with van der Waals surface area (Å²) in [4.78, 5) is 16.8. The molecule has 0 bridgehead atoms. The van der Waals surface area contributed by atoms with E-state index in [0.717, 1.165) is 11.1 Å². The molecule has 0 aliphatic rings. The molecule has 1 atom stereocenters. The van der Waals surface area contributed by atoms with E-state index in [0.29, 0.717) is 5.69 Å². The summed E-state index contributed by atoms with van der Waals surface area (Å²) < 4.78 is 17.4. The first-order valence-electron chi connectivity index (χ1n) is 9.13. The first-order chi connectivity index (χ1) is 14.3. The average Bonchev–Trinajstić information content (AvgIpc) is 3.14. The van der Waals surface area contributed by atoms with Gasteiger partial charge in [0.25, 0.3) is 0 Å². The van der Waals surface area contributed by atoms with Gasteiger partial charge in [0.2, 0.25) is 11.4 Å². The lowest BCUT2D eigenvalue weighted by Crippen LogP contribution is -2.39. The summed E-state index contributed by atoms with van der Waals surface area (Å²) >= 11 is 0. The first-order valence-corrected chi connectivity index (χ1v) is 9.13. The van der Waals surface area contributed by atoms with Gasteiger partial charge in [0.15, 0.2) is 17.3 Å². The van der Waals surface area contributed by atoms with Crippen LogP contribution in [0, 0.1) is 6.92 Å². The van der Waals surface area contributed by atoms with Gasteiger partial charge in [-0.25, -0.2) is 9.78 Å². The quantitative estimate of drug-likeness (QED) is 0.615. The van der Waals surface area contributed by atoms with Gasteiger partial charge in [-0.1, -0.05) is 29.8 Å². The van der Waals surface area contributed by atoms with E-state index in [4.69, 9.17) is 14.2 Å². The van der Waals surface area contributed by atoms with Crippen molar-refractivity contribution in [2.45, 2.75) is 12.5 Å². The van der Waals surface area contributed by atoms with Gasteiger partial charge in [-0.05, 0) is 19.1 Å². The molecule has 0 aliphatic carbocycles. The van der Waals surface area contributed by atoms with Gasteiger partial charge in [0.1, 0.15) is 0 Å². The molecule has 1 unspecified atom stereocenters. The fourth-order valence-corrected chi connectivity index (χ4v) is 3.30. The first kappa shape index (κ1) is 21.2. The maximum atomic E-state index is 12.3. The average molecular weight is 412 g/mol. The van der Waals surface area contributed by atoms with Crippen LogP contribution in [0.1, 0.15) is 17.0 Å². The lowest BCUT2D eigenvalue weighted by atomic mass is 9.92. The van der Waals surface area contributed by atoms with Gasteiger partial charge < -0.3 is 29.0 Å². The number of aliphatic carboxylic acids is 1. The molecule has 0 radical (unpaired) electrons. The lowest BCUT2D eigenvalue weighted by molar-refractivity contribution is -0.156. The number of nitrogens with zero attached hydrogens (tertiary/aromatic N) is 2. The van der Waals surface area contributed by atoms with Crippen LogP contribution in [0.15, 0.2) is 42.6 Å². The third kappa shape index (κ3) is 3.46. The Morgan fingerprint density at radius 1 is 1.03 bits per heavy atom. The Labute approximate surface area is 174 Å². The van der Waals surface area contributed by atoms with Crippen molar-refractivity contribution in [3.63, 3.8) is 0 Å². The summed E-state index contributed by atoms with van der Waals surface area (Å²) in [5.74, 6) is -0.809. The zero-order valence-corrected chi connectivity index (χ0v) is 17.5. The summed E-state index contributed by atoms with van der Waals surface area (Å²) in [6, 6.07) is 10.4. The fraction of sp³-hybridized carbons (Fsp3) is 0.273. The van der Waals surface area contributed by atoms with Crippen LogP contribution in [-0.4, -0.2) is 47.1 Å². The molecule has 158 valence electrons. The standard InChI is InChI=1S/C22H24N2O6/c1-13-6-8-14(9-7-13)16-12-24(2)20(23-16)22(27,21(25)26)15-10-17(28-3)19(30-5)18(11-15)29-4/h6-12,27H,1-5H3,(H,25,26). The molecule has 2 N–H and O–H groups in total. The Kier molecular flexibility index (Phi) is 5.71. The van der Waals surface area contributed by atoms with Crippen molar-refractivity contribution < 1.29 is 29.2 Å². The molecule has 30 heavy (non-hydrogen) atoms. The van der Waals surface area contributed by atoms with Crippen LogP contribution < -0.4 is 14.2 Å². The van der Waals surface area contributed by atoms with Crippen LogP contribution in [0.4, 0.5) is 0 Å². The molecule has 3 aromatic rings. The lowest BCUT2D eigenvalue weighted by Gasteiger charge is -2.25. The Morgan fingerprint density at radius 2 is 1.60 bits per heavy atom. The van der Waals surface area contributed by atoms with E-state index in [9.17, 15) is 15.0 Å². The molecular formula is C22H24N2O6. The number of carbonyl (C=O) groups is 1. The second kappa shape index (κ2) is 8.08. The van der Waals surface area contributed by atoms with E-state index in [1.165, 1.54) is 38.0 Å². The van der Waals surface area contributed by atoms with Gasteiger partial charge in [0.05, 0.1) is 27.0 Å². The normalized spacial score (nSPS) is 12.9. The summed E-state index contributed by atoms with van der Waals surface area (Å²) in [6.07, 6.45) is 1.67. The molecule has 0 amide bonds. The van der Waals surface area contributed by atoms with Crippen molar-refractivity contribution in [1.29, 1.82) is 0 Å². The summed E-state index contributed by atoms with van der Waals surface area (Å²) in [5, 5.41) is 21.4. The monoisotopic (exact) mass is 412 g/mol. The molecule has 0 saturated heterocycles. The Balaban J connectivity index is 2.21. The number of ether oxygens (including phenoxy) is 3. The molecule has 0 fully saturated rings. The van der Waals surface area contributed by atoms with Crippen molar-refractivity contribution in [2.75, 3.05) is 21.3 Å². The van der Waals surface area contributed by atoms with E-state index >= 15 is 0 Å². The number of hydrogen-bond acceptors (Lipinski definition) is 6. The highest BCUT2D eigenvalue weighted by Gasteiger charge is 2.45. The Hall–Kier alpha value is -3.52. The number of methoxy groups -OCH3 is 3. The molecule has 0 aliphatic heterocycles. The Bertz CT molecular complexity index is 1050. The van der Waals surface area contributed by atoms with Gasteiger partial charge in [0, 0.05) is 24.4 Å². The minimum atomic E-state index is -2.45. The highest BCUT2D eigenvalue weighted by molar-refractivity contribution is 5.83. The largest absolute Gasteiger partial charge is 0.493 e. The maximum absolute atomic E-state index is 12.3. The Morgan fingerprint density at radius 3 is 2.07 bits per heavy atom. The van der Waals surface area contributed by atoms with Crippen LogP contribution in [0.5, 0.6) is 17.2 Å². The molecule has 2 aromatic carbocycles. The third-order valence-electron chi connectivity index (χ3n) is 4.94. The van der Waals surface area contributed by atoms with Gasteiger partial charge in [-0.3, -0.25) is 0 Å². The van der Waals surface area contributed by atoms with Gasteiger partial charge >= 0.3 is 5.97 Å². The number of aromatic nitrogens is 2. The van der Waals surface area contributed by atoms with E-state index in [2.05, 4.69) is 4.98 Å². The number of carboxylic acids is 1. The number of aryl methyl sites for hydroxylation is 2. The molecule has 3 rings (SSSR count). The molecule has 1 aromatic heterocycles. The van der Waals surface area contributed by atoms with E-state index in [1.54, 1.807) is 13.2 Å². The van der Waals surface area contributed by atoms with Crippen molar-refractivity contribution in [3.8, 4) is 28.5 Å². The fourth-order valence-electron chi connectivity index (χ4n) is 3.30. The van der Waals surface area contributed by atoms with Crippen LogP contribution in [-0.2, 0) is 17.4 Å². The molecule has 0 spiro atoms. The third-order valence-corrected chi connectivity index (χ3v) is 4.94. The topological polar surface area (TPSA) is 103 Å². The van der Waals surface area contributed by atoms with Crippen molar-refractivity contribution in [1.82, 2.24) is 9.55 Å². The number of imidazole rings is 1. The van der Waals surface area contributed by atoms with Gasteiger partial charge in [-0.2, -0.15) is 0 Å². The van der Waals surface area contributed by atoms with E-state index in [1.807, 2.05) is 31.2 Å². The van der Waals surface area contributed by atoms with Crippen LogP contribution in [0.3, 0.4) is 0 Å². The maximum Gasteiger partial charge on any atom is 0.348 e. The highest BCUT2D eigenvalue weighted by atomic mass is 16.5. The predicted molar refractivity (Wildman–Crippen MR) is 110 cm³/mol. The minimum Gasteiger partial charge on any atom is -0.493 e. The number of aliphatic hydroxyl groups is 1. The van der Waals surface area contributed by atoms with Crippen LogP contribution >= 0.6 is 0 Å². The number of benzene rings is 2. The highest BCUT2D eigenvalue weighted by Crippen LogP contribution is 2.42. The zero-order chi connectivity index (χ0) is 22.1. The van der Waals surface area contributed by atoms with Crippen molar-refractivity contribution in [3.05, 3.63) is 59.5 Å². The molecule has 0 saturated carbocycles. The molecular weight excluding hydrogens is 388 g/mol. The molecule has 8 nitrogen and oxygen atoms in total. The second-order valence-corrected chi connectivity index (χ2v) is 6.86. The molecule has 8 heteroatoms. The number of hydrogen-bond donors (Lipinski definition) is 2. The SMILES string of the molecule is COc1cc(C(O)(C(=O)O)c2nc(-c3ccc(C)cc3)cn2C)cc(OC)c1OC. The van der Waals surface area contributed by atoms with Crippen LogP contribution in [0.2, 0.25) is 0 Å². The number of rotatable bonds is 7. The van der Waals surface area contributed by atoms with Crippen molar-refractivity contribution >= 4 is 5.97 Å². The van der Waals surface area contributed by atoms with Crippen LogP contribution in [0.25, 0.3) is 11.3 Å². The summed E-state index contributed by atoms with van der Waals surface area (Å²) in [5.41, 5.74) is 0.00701. The zero-order valence-electron chi connectivity index (χ0n) is 17.5. The second-order valence-electron chi connectivity index (χ2n) is 6.86. The van der Waals surface area contributed by atoms with Crippen molar-refractivity contribution in [2.24, 2.45) is 7.05 Å². The summed E-state index contributed by atoms with van der Waals surface area (Å²) in [6.45, 7) is 1.97. The smallest absolute Gasteiger partial charge is 0.348 e. The summed E-state index contributed by atoms with van der Waals surface area (Å²) in [7, 11) is 5.90.